The van der Waals surface area contributed by atoms with Crippen LogP contribution in [0.25, 0.3) is 22.0 Å². The highest BCUT2D eigenvalue weighted by Gasteiger charge is 2.39. The first-order valence-corrected chi connectivity index (χ1v) is 12.4. The molecule has 1 aliphatic heterocycles. The summed E-state index contributed by atoms with van der Waals surface area (Å²) in [5.74, 6) is -3.55. The van der Waals surface area contributed by atoms with Crippen molar-refractivity contribution in [2.45, 2.75) is 51.3 Å². The number of fused-ring (bicyclic) bond motifs is 1. The lowest BCUT2D eigenvalue weighted by Gasteiger charge is -2.32. The van der Waals surface area contributed by atoms with E-state index < -0.39 is 35.3 Å². The molecular weight excluding hydrogens is 537 g/mol. The molecule has 0 N–H and O–H groups in total. The SMILES string of the molecule is CC(C)(C)OC(=O)c1ccc(-c2cc(F)cc3c(N4CCC(c5noc(C(F)(F)F)n5)CC4)ncnc23)cc1F. The number of ether oxygens (including phenoxy) is 1. The molecule has 0 saturated carbocycles. The van der Waals surface area contributed by atoms with Crippen LogP contribution in [0.5, 0.6) is 0 Å². The second-order valence-corrected chi connectivity index (χ2v) is 10.5. The Hall–Kier alpha value is -4.16. The summed E-state index contributed by atoms with van der Waals surface area (Å²) in [6.45, 7) is 5.79. The number of hydrogen-bond acceptors (Lipinski definition) is 8. The van der Waals surface area contributed by atoms with Gasteiger partial charge in [0.2, 0.25) is 0 Å². The van der Waals surface area contributed by atoms with E-state index in [2.05, 4.69) is 24.6 Å². The summed E-state index contributed by atoms with van der Waals surface area (Å²) in [6, 6.07) is 6.40. The lowest BCUT2D eigenvalue weighted by atomic mass is 9.95. The van der Waals surface area contributed by atoms with Gasteiger partial charge in [0, 0.05) is 30.0 Å². The summed E-state index contributed by atoms with van der Waals surface area (Å²) in [6.07, 6.45) is -2.57. The fraction of sp³-hybridized carbons (Fsp3) is 0.370. The lowest BCUT2D eigenvalue weighted by molar-refractivity contribution is -0.159. The molecule has 0 atom stereocenters. The summed E-state index contributed by atoms with van der Waals surface area (Å²) >= 11 is 0. The molecule has 0 amide bonds. The van der Waals surface area contributed by atoms with E-state index in [0.29, 0.717) is 53.8 Å². The molecule has 8 nitrogen and oxygen atoms in total. The number of aromatic nitrogens is 4. The molecule has 4 aromatic rings. The predicted molar refractivity (Wildman–Crippen MR) is 134 cm³/mol. The van der Waals surface area contributed by atoms with Gasteiger partial charge in [0.25, 0.3) is 0 Å². The monoisotopic (exact) mass is 561 g/mol. The smallest absolute Gasteiger partial charge is 0.456 e. The Kier molecular flexibility index (Phi) is 6.92. The maximum Gasteiger partial charge on any atom is 0.471 e. The normalized spacial score (nSPS) is 15.1. The lowest BCUT2D eigenvalue weighted by Crippen LogP contribution is -2.34. The van der Waals surface area contributed by atoms with Gasteiger partial charge < -0.3 is 14.2 Å². The zero-order valence-electron chi connectivity index (χ0n) is 21.7. The van der Waals surface area contributed by atoms with E-state index in [4.69, 9.17) is 4.74 Å². The maximum atomic E-state index is 15.0. The first kappa shape index (κ1) is 27.4. The molecule has 40 heavy (non-hydrogen) atoms. The van der Waals surface area contributed by atoms with Crippen LogP contribution in [0.15, 0.2) is 41.2 Å². The summed E-state index contributed by atoms with van der Waals surface area (Å²) in [4.78, 5) is 26.4. The van der Waals surface area contributed by atoms with Crippen molar-refractivity contribution in [3.8, 4) is 11.1 Å². The molecule has 2 aromatic carbocycles. The van der Waals surface area contributed by atoms with Gasteiger partial charge in [-0.1, -0.05) is 11.2 Å². The van der Waals surface area contributed by atoms with Crippen molar-refractivity contribution < 1.29 is 36.0 Å². The van der Waals surface area contributed by atoms with Gasteiger partial charge in [0.15, 0.2) is 5.82 Å². The molecule has 0 unspecified atom stereocenters. The van der Waals surface area contributed by atoms with E-state index in [1.54, 1.807) is 20.8 Å². The highest BCUT2D eigenvalue weighted by atomic mass is 19.4. The van der Waals surface area contributed by atoms with Gasteiger partial charge in [-0.3, -0.25) is 0 Å². The summed E-state index contributed by atoms with van der Waals surface area (Å²) in [5.41, 5.74) is -0.0855. The first-order chi connectivity index (χ1) is 18.8. The van der Waals surface area contributed by atoms with Crippen molar-refractivity contribution in [3.05, 3.63) is 65.6 Å². The molecule has 13 heteroatoms. The molecule has 3 heterocycles. The number of benzene rings is 2. The fourth-order valence-corrected chi connectivity index (χ4v) is 4.64. The molecule has 1 saturated heterocycles. The number of halogens is 5. The average Bonchev–Trinajstić information content (AvgIpc) is 3.38. The highest BCUT2D eigenvalue weighted by Crippen LogP contribution is 2.36. The molecular formula is C27H24F5N5O3. The van der Waals surface area contributed by atoms with Crippen LogP contribution in [0.2, 0.25) is 0 Å². The van der Waals surface area contributed by atoms with Gasteiger partial charge in [-0.25, -0.2) is 23.5 Å². The third-order valence-electron chi connectivity index (χ3n) is 6.43. The van der Waals surface area contributed by atoms with Crippen LogP contribution < -0.4 is 4.90 Å². The minimum atomic E-state index is -4.72. The van der Waals surface area contributed by atoms with Crippen molar-refractivity contribution in [1.82, 2.24) is 20.1 Å². The average molecular weight is 562 g/mol. The second-order valence-electron chi connectivity index (χ2n) is 10.5. The third-order valence-corrected chi connectivity index (χ3v) is 6.43. The van der Waals surface area contributed by atoms with Crippen LogP contribution >= 0.6 is 0 Å². The Labute approximate surface area is 225 Å². The first-order valence-electron chi connectivity index (χ1n) is 12.4. The van der Waals surface area contributed by atoms with Crippen LogP contribution in [-0.2, 0) is 10.9 Å². The predicted octanol–water partition coefficient (Wildman–Crippen LogP) is 6.32. The molecule has 210 valence electrons. The van der Waals surface area contributed by atoms with Crippen LogP contribution in [-0.4, -0.2) is 44.8 Å². The van der Waals surface area contributed by atoms with E-state index in [0.717, 1.165) is 6.07 Å². The topological polar surface area (TPSA) is 94.2 Å². The van der Waals surface area contributed by atoms with E-state index in [9.17, 15) is 26.7 Å². The molecule has 5 rings (SSSR count). The van der Waals surface area contributed by atoms with Crippen molar-refractivity contribution in [2.75, 3.05) is 18.0 Å². The number of alkyl halides is 3. The van der Waals surface area contributed by atoms with Crippen molar-refractivity contribution >= 4 is 22.7 Å². The Balaban J connectivity index is 1.42. The van der Waals surface area contributed by atoms with Gasteiger partial charge in [-0.15, -0.1) is 0 Å². The number of carbonyl (C=O) groups excluding carboxylic acids is 1. The van der Waals surface area contributed by atoms with Gasteiger partial charge >= 0.3 is 18.0 Å². The highest BCUT2D eigenvalue weighted by molar-refractivity contribution is 6.00. The Morgan fingerprint density at radius 1 is 1.05 bits per heavy atom. The molecule has 0 spiro atoms. The number of carbonyl (C=O) groups is 1. The molecule has 1 fully saturated rings. The third kappa shape index (κ3) is 5.58. The van der Waals surface area contributed by atoms with Crippen molar-refractivity contribution in [2.24, 2.45) is 0 Å². The van der Waals surface area contributed by atoms with E-state index >= 15 is 0 Å². The quantitative estimate of drug-likeness (QED) is 0.211. The van der Waals surface area contributed by atoms with Crippen molar-refractivity contribution in [3.63, 3.8) is 0 Å². The number of nitrogens with zero attached hydrogens (tertiary/aromatic N) is 5. The summed E-state index contributed by atoms with van der Waals surface area (Å²) in [5, 5.41) is 3.87. The minimum Gasteiger partial charge on any atom is -0.456 e. The van der Waals surface area contributed by atoms with E-state index in [1.165, 1.54) is 30.6 Å². The number of piperidine rings is 1. The number of rotatable bonds is 4. The van der Waals surface area contributed by atoms with E-state index in [-0.39, 0.29) is 17.3 Å². The fourth-order valence-electron chi connectivity index (χ4n) is 4.64. The molecule has 0 radical (unpaired) electrons. The largest absolute Gasteiger partial charge is 0.471 e. The summed E-state index contributed by atoms with van der Waals surface area (Å²) in [7, 11) is 0. The standard InChI is InChI=1S/C27H24F5N5O3/c1-26(2,3)39-24(38)17-5-4-15(10-20(17)29)18-11-16(28)12-19-21(18)33-13-34-23(19)37-8-6-14(7-9-37)22-35-25(40-36-22)27(30,31)32/h4-5,10-14H,6-9H2,1-3H3. The zero-order valence-corrected chi connectivity index (χ0v) is 21.7. The van der Waals surface area contributed by atoms with Gasteiger partial charge in [-0.05, 0) is 63.4 Å². The van der Waals surface area contributed by atoms with Gasteiger partial charge in [0.05, 0.1) is 11.1 Å². The number of hydrogen-bond donors (Lipinski definition) is 0. The molecule has 0 bridgehead atoms. The molecule has 2 aromatic heterocycles. The minimum absolute atomic E-state index is 0.00953. The number of esters is 1. The summed E-state index contributed by atoms with van der Waals surface area (Å²) < 4.78 is 77.9. The van der Waals surface area contributed by atoms with Crippen LogP contribution in [0.1, 0.15) is 61.6 Å². The van der Waals surface area contributed by atoms with Gasteiger partial charge in [-0.2, -0.15) is 18.2 Å². The van der Waals surface area contributed by atoms with Crippen LogP contribution in [0.4, 0.5) is 27.8 Å². The van der Waals surface area contributed by atoms with E-state index in [1.807, 2.05) is 4.90 Å². The molecule has 1 aliphatic rings. The Bertz CT molecular complexity index is 1570. The second kappa shape index (κ2) is 10.1. The molecule has 0 aliphatic carbocycles. The van der Waals surface area contributed by atoms with Crippen LogP contribution in [0, 0.1) is 11.6 Å². The van der Waals surface area contributed by atoms with Crippen molar-refractivity contribution in [1.29, 1.82) is 0 Å². The Morgan fingerprint density at radius 2 is 1.77 bits per heavy atom. The van der Waals surface area contributed by atoms with Crippen LogP contribution in [0.3, 0.4) is 0 Å². The maximum absolute atomic E-state index is 15.0. The Morgan fingerprint density at radius 3 is 2.40 bits per heavy atom. The van der Waals surface area contributed by atoms with Gasteiger partial charge in [0.1, 0.15) is 29.4 Å². The number of anilines is 1. The zero-order chi connectivity index (χ0) is 28.8.